The maximum absolute atomic E-state index is 11.1. The van der Waals surface area contributed by atoms with E-state index in [2.05, 4.69) is 14.9 Å². The first-order valence-electron chi connectivity index (χ1n) is 4.24. The van der Waals surface area contributed by atoms with Crippen molar-refractivity contribution in [2.75, 3.05) is 0 Å². The lowest BCUT2D eigenvalue weighted by atomic mass is 10.2. The van der Waals surface area contributed by atoms with Gasteiger partial charge in [-0.1, -0.05) is 11.8 Å². The van der Waals surface area contributed by atoms with Gasteiger partial charge in [-0.2, -0.15) is 0 Å². The van der Waals surface area contributed by atoms with E-state index >= 15 is 0 Å². The molecule has 0 saturated carbocycles. The monoisotopic (exact) mass is 205 g/mol. The summed E-state index contributed by atoms with van der Waals surface area (Å²) in [7, 11) is 0. The SMILES string of the molecule is O=c1ccc2c([nH]1)N=C1SC=CN1C2. The fraction of sp³-hybridized carbons (Fsp3) is 0.111. The summed E-state index contributed by atoms with van der Waals surface area (Å²) >= 11 is 1.57. The smallest absolute Gasteiger partial charge is 0.249 e. The molecule has 2 aliphatic heterocycles. The number of aromatic amines is 1. The Balaban J connectivity index is 2.16. The summed E-state index contributed by atoms with van der Waals surface area (Å²) in [6.45, 7) is 0.786. The van der Waals surface area contributed by atoms with Crippen molar-refractivity contribution >= 4 is 22.7 Å². The number of hydrogen-bond donors (Lipinski definition) is 1. The molecule has 0 aliphatic carbocycles. The van der Waals surface area contributed by atoms with Gasteiger partial charge in [-0.3, -0.25) is 4.79 Å². The molecular formula is C9H7N3OS. The van der Waals surface area contributed by atoms with Crippen LogP contribution in [0.2, 0.25) is 0 Å². The van der Waals surface area contributed by atoms with Gasteiger partial charge in [-0.25, -0.2) is 4.99 Å². The molecule has 0 fully saturated rings. The van der Waals surface area contributed by atoms with E-state index in [1.807, 2.05) is 17.7 Å². The Morgan fingerprint density at radius 1 is 1.50 bits per heavy atom. The van der Waals surface area contributed by atoms with Gasteiger partial charge < -0.3 is 9.88 Å². The number of amidine groups is 1. The highest BCUT2D eigenvalue weighted by atomic mass is 32.2. The molecule has 0 atom stereocenters. The van der Waals surface area contributed by atoms with Crippen LogP contribution in [0, 0.1) is 0 Å². The van der Waals surface area contributed by atoms with Crippen LogP contribution in [0.1, 0.15) is 5.56 Å². The van der Waals surface area contributed by atoms with Gasteiger partial charge in [0.2, 0.25) is 5.56 Å². The van der Waals surface area contributed by atoms with Crippen LogP contribution >= 0.6 is 11.8 Å². The predicted octanol–water partition coefficient (Wildman–Crippen LogP) is 1.40. The van der Waals surface area contributed by atoms with E-state index in [-0.39, 0.29) is 5.56 Å². The van der Waals surface area contributed by atoms with Crippen LogP contribution in [0.4, 0.5) is 5.82 Å². The third kappa shape index (κ3) is 1.09. The predicted molar refractivity (Wildman–Crippen MR) is 56.4 cm³/mol. The fourth-order valence-electron chi connectivity index (χ4n) is 1.51. The second-order valence-corrected chi connectivity index (χ2v) is 3.99. The number of nitrogens with zero attached hydrogens (tertiary/aromatic N) is 2. The standard InChI is InChI=1S/C9H7N3OS/c13-7-2-1-6-5-12-3-4-14-9(12)11-8(6)10-7/h1-4H,5H2,(H,10,13). The van der Waals surface area contributed by atoms with Crippen LogP contribution in [0.15, 0.2) is 33.5 Å². The summed E-state index contributed by atoms with van der Waals surface area (Å²) in [6.07, 6.45) is 2.00. The average Bonchev–Trinajstić information content (AvgIpc) is 2.61. The number of aliphatic imine (C=N–C) groups is 1. The minimum absolute atomic E-state index is 0.0995. The van der Waals surface area contributed by atoms with E-state index in [4.69, 9.17) is 0 Å². The summed E-state index contributed by atoms with van der Waals surface area (Å²) in [5, 5.41) is 2.92. The summed E-state index contributed by atoms with van der Waals surface area (Å²) in [5.74, 6) is 0.694. The van der Waals surface area contributed by atoms with Crippen molar-refractivity contribution in [3.63, 3.8) is 0 Å². The average molecular weight is 205 g/mol. The summed E-state index contributed by atoms with van der Waals surface area (Å²) in [6, 6.07) is 3.36. The Kier molecular flexibility index (Phi) is 1.55. The van der Waals surface area contributed by atoms with Crippen molar-refractivity contribution in [2.45, 2.75) is 6.54 Å². The number of nitrogens with one attached hydrogen (secondary N) is 1. The molecule has 1 aromatic rings. The van der Waals surface area contributed by atoms with Crippen LogP contribution in [-0.2, 0) is 6.54 Å². The normalized spacial score (nSPS) is 17.7. The fourth-order valence-corrected chi connectivity index (χ4v) is 2.24. The molecule has 0 unspecified atom stereocenters. The van der Waals surface area contributed by atoms with Crippen LogP contribution < -0.4 is 5.56 Å². The summed E-state index contributed by atoms with van der Waals surface area (Å²) < 4.78 is 0. The molecule has 1 aromatic heterocycles. The minimum atomic E-state index is -0.0995. The lowest BCUT2D eigenvalue weighted by Crippen LogP contribution is -2.23. The van der Waals surface area contributed by atoms with E-state index in [1.54, 1.807) is 11.8 Å². The van der Waals surface area contributed by atoms with Gasteiger partial charge in [0.1, 0.15) is 5.82 Å². The van der Waals surface area contributed by atoms with Gasteiger partial charge in [0.15, 0.2) is 5.17 Å². The highest BCUT2D eigenvalue weighted by Gasteiger charge is 2.21. The molecule has 0 spiro atoms. The topological polar surface area (TPSA) is 48.5 Å². The van der Waals surface area contributed by atoms with Gasteiger partial charge in [-0.05, 0) is 11.5 Å². The second kappa shape index (κ2) is 2.75. The van der Waals surface area contributed by atoms with E-state index in [1.165, 1.54) is 6.07 Å². The van der Waals surface area contributed by atoms with Crippen molar-refractivity contribution < 1.29 is 0 Å². The Morgan fingerprint density at radius 3 is 3.36 bits per heavy atom. The molecule has 1 N–H and O–H groups in total. The number of rotatable bonds is 0. The van der Waals surface area contributed by atoms with Crippen molar-refractivity contribution in [3.8, 4) is 0 Å². The molecule has 14 heavy (non-hydrogen) atoms. The number of aromatic nitrogens is 1. The number of pyridine rings is 1. The molecule has 3 rings (SSSR count). The third-order valence-electron chi connectivity index (χ3n) is 2.19. The second-order valence-electron chi connectivity index (χ2n) is 3.12. The maximum Gasteiger partial charge on any atom is 0.249 e. The van der Waals surface area contributed by atoms with Gasteiger partial charge in [0.05, 0.1) is 6.54 Å². The molecule has 0 bridgehead atoms. The van der Waals surface area contributed by atoms with E-state index < -0.39 is 0 Å². The number of thioether (sulfide) groups is 1. The maximum atomic E-state index is 11.1. The first-order chi connectivity index (χ1) is 6.83. The molecule has 5 heteroatoms. The van der Waals surface area contributed by atoms with Crippen LogP contribution in [0.25, 0.3) is 0 Å². The quantitative estimate of drug-likeness (QED) is 0.696. The van der Waals surface area contributed by atoms with E-state index in [0.717, 1.165) is 17.3 Å². The van der Waals surface area contributed by atoms with Gasteiger partial charge in [0, 0.05) is 17.8 Å². The Morgan fingerprint density at radius 2 is 2.43 bits per heavy atom. The molecule has 2 aliphatic rings. The van der Waals surface area contributed by atoms with Gasteiger partial charge in [0.25, 0.3) is 0 Å². The first kappa shape index (κ1) is 7.87. The van der Waals surface area contributed by atoms with Crippen molar-refractivity contribution in [1.29, 1.82) is 0 Å². The molecule has 4 nitrogen and oxygen atoms in total. The molecule has 70 valence electrons. The van der Waals surface area contributed by atoms with Crippen molar-refractivity contribution in [1.82, 2.24) is 9.88 Å². The zero-order valence-electron chi connectivity index (χ0n) is 7.23. The molecule has 0 aromatic carbocycles. The highest BCUT2D eigenvalue weighted by Crippen LogP contribution is 2.30. The lowest BCUT2D eigenvalue weighted by Gasteiger charge is -2.21. The van der Waals surface area contributed by atoms with E-state index in [9.17, 15) is 4.79 Å². The molecule has 0 saturated heterocycles. The number of H-pyrrole nitrogens is 1. The van der Waals surface area contributed by atoms with Crippen molar-refractivity contribution in [3.05, 3.63) is 39.7 Å². The van der Waals surface area contributed by atoms with Crippen LogP contribution in [-0.4, -0.2) is 15.1 Å². The van der Waals surface area contributed by atoms with Crippen molar-refractivity contribution in [2.24, 2.45) is 4.99 Å². The lowest BCUT2D eigenvalue weighted by molar-refractivity contribution is 0.557. The highest BCUT2D eigenvalue weighted by molar-refractivity contribution is 8.16. The van der Waals surface area contributed by atoms with Gasteiger partial charge >= 0.3 is 0 Å². The van der Waals surface area contributed by atoms with E-state index in [0.29, 0.717) is 5.82 Å². The zero-order valence-corrected chi connectivity index (χ0v) is 8.04. The molecular weight excluding hydrogens is 198 g/mol. The number of fused-ring (bicyclic) bond motifs is 2. The Labute approximate surface area is 84.3 Å². The summed E-state index contributed by atoms with van der Waals surface area (Å²) in [4.78, 5) is 20.2. The molecule has 0 amide bonds. The first-order valence-corrected chi connectivity index (χ1v) is 5.12. The molecule has 0 radical (unpaired) electrons. The molecule has 3 heterocycles. The van der Waals surface area contributed by atoms with Crippen LogP contribution in [0.5, 0.6) is 0 Å². The Bertz CT molecular complexity index is 503. The van der Waals surface area contributed by atoms with Crippen LogP contribution in [0.3, 0.4) is 0 Å². The zero-order chi connectivity index (χ0) is 9.54. The largest absolute Gasteiger partial charge is 0.322 e. The van der Waals surface area contributed by atoms with Gasteiger partial charge in [-0.15, -0.1) is 0 Å². The minimum Gasteiger partial charge on any atom is -0.322 e. The number of hydrogen-bond acceptors (Lipinski definition) is 4. The summed E-state index contributed by atoms with van der Waals surface area (Å²) in [5.41, 5.74) is 0.956. The third-order valence-corrected chi connectivity index (χ3v) is 2.98. The Hall–Kier alpha value is -1.49.